The fraction of sp³-hybridized carbons (Fsp3) is 0.571. The topological polar surface area (TPSA) is 70.4 Å². The van der Waals surface area contributed by atoms with Gasteiger partial charge < -0.3 is 15.5 Å². The second kappa shape index (κ2) is 7.21. The number of piperazine rings is 1. The van der Waals surface area contributed by atoms with Gasteiger partial charge in [0.2, 0.25) is 0 Å². The molecule has 1 aliphatic heterocycles. The van der Waals surface area contributed by atoms with E-state index in [1.54, 1.807) is 12.1 Å². The zero-order valence-corrected chi connectivity index (χ0v) is 11.9. The first-order chi connectivity index (χ1) is 9.66. The normalized spacial score (nSPS) is 16.1. The highest BCUT2D eigenvalue weighted by atomic mass is 16.6. The lowest BCUT2D eigenvalue weighted by Gasteiger charge is -2.27. The van der Waals surface area contributed by atoms with E-state index in [1.807, 2.05) is 13.0 Å². The molecule has 6 nitrogen and oxygen atoms in total. The highest BCUT2D eigenvalue weighted by molar-refractivity contribution is 5.62. The van der Waals surface area contributed by atoms with E-state index in [2.05, 4.69) is 15.5 Å². The Morgan fingerprint density at radius 2 is 2.15 bits per heavy atom. The van der Waals surface area contributed by atoms with Crippen LogP contribution >= 0.6 is 0 Å². The van der Waals surface area contributed by atoms with Crippen LogP contribution in [0.2, 0.25) is 0 Å². The van der Waals surface area contributed by atoms with Crippen LogP contribution in [0.1, 0.15) is 12.0 Å². The van der Waals surface area contributed by atoms with Crippen molar-refractivity contribution in [2.24, 2.45) is 0 Å². The summed E-state index contributed by atoms with van der Waals surface area (Å²) in [5.74, 6) is 0. The average Bonchev–Trinajstić information content (AvgIpc) is 2.45. The van der Waals surface area contributed by atoms with E-state index >= 15 is 0 Å². The summed E-state index contributed by atoms with van der Waals surface area (Å²) in [6, 6.07) is 5.29. The Labute approximate surface area is 119 Å². The molecule has 0 atom stereocenters. The predicted molar refractivity (Wildman–Crippen MR) is 80.2 cm³/mol. The Morgan fingerprint density at radius 1 is 1.40 bits per heavy atom. The van der Waals surface area contributed by atoms with Crippen molar-refractivity contribution in [2.75, 3.05) is 44.6 Å². The van der Waals surface area contributed by atoms with E-state index in [1.165, 1.54) is 0 Å². The van der Waals surface area contributed by atoms with Crippen LogP contribution in [0.15, 0.2) is 18.2 Å². The van der Waals surface area contributed by atoms with Crippen molar-refractivity contribution in [1.82, 2.24) is 10.2 Å². The minimum absolute atomic E-state index is 0.159. The van der Waals surface area contributed by atoms with E-state index in [-0.39, 0.29) is 10.6 Å². The Balaban J connectivity index is 1.80. The molecule has 6 heteroatoms. The van der Waals surface area contributed by atoms with Crippen LogP contribution in [0.4, 0.5) is 11.4 Å². The first kappa shape index (κ1) is 14.7. The third-order valence-corrected chi connectivity index (χ3v) is 3.53. The van der Waals surface area contributed by atoms with Crippen LogP contribution in [0.5, 0.6) is 0 Å². The summed E-state index contributed by atoms with van der Waals surface area (Å²) in [5.41, 5.74) is 1.68. The molecule has 1 saturated heterocycles. The van der Waals surface area contributed by atoms with E-state index in [9.17, 15) is 10.1 Å². The van der Waals surface area contributed by atoms with Gasteiger partial charge in [-0.1, -0.05) is 6.07 Å². The zero-order chi connectivity index (χ0) is 14.4. The van der Waals surface area contributed by atoms with Crippen LogP contribution in [0, 0.1) is 17.0 Å². The molecule has 0 unspecified atom stereocenters. The molecule has 0 saturated carbocycles. The SMILES string of the molecule is Cc1ccc(NCCCN2CCNCC2)c([N+](=O)[O-])c1. The number of nitrogens with one attached hydrogen (secondary N) is 2. The Hall–Kier alpha value is -1.66. The van der Waals surface area contributed by atoms with Gasteiger partial charge in [-0.2, -0.15) is 0 Å². The van der Waals surface area contributed by atoms with Gasteiger partial charge in [0.1, 0.15) is 5.69 Å². The fourth-order valence-corrected chi connectivity index (χ4v) is 2.40. The Morgan fingerprint density at radius 3 is 2.85 bits per heavy atom. The lowest BCUT2D eigenvalue weighted by molar-refractivity contribution is -0.384. The molecular formula is C14H22N4O2. The molecule has 0 bridgehead atoms. The van der Waals surface area contributed by atoms with E-state index in [0.29, 0.717) is 5.69 Å². The van der Waals surface area contributed by atoms with E-state index in [4.69, 9.17) is 0 Å². The number of hydrogen-bond donors (Lipinski definition) is 2. The average molecular weight is 278 g/mol. The van der Waals surface area contributed by atoms with E-state index in [0.717, 1.165) is 51.3 Å². The van der Waals surface area contributed by atoms with Gasteiger partial charge in [0, 0.05) is 38.8 Å². The van der Waals surface area contributed by atoms with Crippen LogP contribution < -0.4 is 10.6 Å². The monoisotopic (exact) mass is 278 g/mol. The summed E-state index contributed by atoms with van der Waals surface area (Å²) >= 11 is 0. The second-order valence-corrected chi connectivity index (χ2v) is 5.15. The van der Waals surface area contributed by atoms with Gasteiger partial charge in [0.05, 0.1) is 4.92 Å². The molecule has 2 rings (SSSR count). The minimum atomic E-state index is -0.328. The van der Waals surface area contributed by atoms with E-state index < -0.39 is 0 Å². The zero-order valence-electron chi connectivity index (χ0n) is 11.9. The largest absolute Gasteiger partial charge is 0.379 e. The summed E-state index contributed by atoms with van der Waals surface area (Å²) in [6.45, 7) is 7.94. The van der Waals surface area contributed by atoms with Crippen molar-refractivity contribution in [2.45, 2.75) is 13.3 Å². The molecule has 110 valence electrons. The summed E-state index contributed by atoms with van der Waals surface area (Å²) < 4.78 is 0. The molecular weight excluding hydrogens is 256 g/mol. The number of nitrogens with zero attached hydrogens (tertiary/aromatic N) is 2. The second-order valence-electron chi connectivity index (χ2n) is 5.15. The maximum absolute atomic E-state index is 11.0. The molecule has 0 aliphatic carbocycles. The van der Waals surface area contributed by atoms with Gasteiger partial charge in [-0.05, 0) is 31.5 Å². The summed E-state index contributed by atoms with van der Waals surface area (Å²) in [7, 11) is 0. The molecule has 0 spiro atoms. The number of benzene rings is 1. The summed E-state index contributed by atoms with van der Waals surface area (Å²) in [6.07, 6.45) is 0.991. The molecule has 1 aliphatic rings. The summed E-state index contributed by atoms with van der Waals surface area (Å²) in [4.78, 5) is 13.1. The van der Waals surface area contributed by atoms with Crippen LogP contribution in [0.3, 0.4) is 0 Å². The smallest absolute Gasteiger partial charge is 0.292 e. The van der Waals surface area contributed by atoms with Gasteiger partial charge >= 0.3 is 0 Å². The first-order valence-electron chi connectivity index (χ1n) is 7.09. The van der Waals surface area contributed by atoms with Gasteiger partial charge in [-0.25, -0.2) is 0 Å². The Kier molecular flexibility index (Phi) is 5.31. The number of aryl methyl sites for hydroxylation is 1. The Bertz CT molecular complexity index is 458. The molecule has 0 amide bonds. The number of anilines is 1. The number of rotatable bonds is 6. The third-order valence-electron chi connectivity index (χ3n) is 3.53. The maximum atomic E-state index is 11.0. The van der Waals surface area contributed by atoms with Crippen molar-refractivity contribution in [3.8, 4) is 0 Å². The van der Waals surface area contributed by atoms with Crippen molar-refractivity contribution in [3.05, 3.63) is 33.9 Å². The number of hydrogen-bond acceptors (Lipinski definition) is 5. The van der Waals surface area contributed by atoms with Crippen LogP contribution in [-0.4, -0.2) is 49.1 Å². The van der Waals surface area contributed by atoms with Crippen molar-refractivity contribution >= 4 is 11.4 Å². The van der Waals surface area contributed by atoms with Gasteiger partial charge in [-0.15, -0.1) is 0 Å². The third kappa shape index (κ3) is 4.18. The lowest BCUT2D eigenvalue weighted by Crippen LogP contribution is -2.44. The maximum Gasteiger partial charge on any atom is 0.292 e. The van der Waals surface area contributed by atoms with Crippen molar-refractivity contribution < 1.29 is 4.92 Å². The standard InChI is InChI=1S/C14H22N4O2/c1-12-3-4-13(14(11-12)18(19)20)16-5-2-8-17-9-6-15-7-10-17/h3-4,11,15-16H,2,5-10H2,1H3. The highest BCUT2D eigenvalue weighted by Gasteiger charge is 2.13. The molecule has 0 aromatic heterocycles. The molecule has 1 aromatic carbocycles. The number of nitro benzene ring substituents is 1. The van der Waals surface area contributed by atoms with Gasteiger partial charge in [0.25, 0.3) is 5.69 Å². The molecule has 0 radical (unpaired) electrons. The molecule has 1 fully saturated rings. The highest BCUT2D eigenvalue weighted by Crippen LogP contribution is 2.25. The first-order valence-corrected chi connectivity index (χ1v) is 7.09. The van der Waals surface area contributed by atoms with Gasteiger partial charge in [0.15, 0.2) is 0 Å². The van der Waals surface area contributed by atoms with Crippen molar-refractivity contribution in [3.63, 3.8) is 0 Å². The number of nitro groups is 1. The predicted octanol–water partition coefficient (Wildman–Crippen LogP) is 1.61. The lowest BCUT2D eigenvalue weighted by atomic mass is 10.2. The molecule has 1 heterocycles. The van der Waals surface area contributed by atoms with Crippen LogP contribution in [-0.2, 0) is 0 Å². The molecule has 1 aromatic rings. The van der Waals surface area contributed by atoms with Crippen LogP contribution in [0.25, 0.3) is 0 Å². The van der Waals surface area contributed by atoms with Crippen molar-refractivity contribution in [1.29, 1.82) is 0 Å². The van der Waals surface area contributed by atoms with Gasteiger partial charge in [-0.3, -0.25) is 10.1 Å². The minimum Gasteiger partial charge on any atom is -0.379 e. The molecule has 2 N–H and O–H groups in total. The summed E-state index contributed by atoms with van der Waals surface area (Å²) in [5, 5.41) is 17.5. The fourth-order valence-electron chi connectivity index (χ4n) is 2.40. The quantitative estimate of drug-likeness (QED) is 0.470. The molecule has 20 heavy (non-hydrogen) atoms.